The number of carboxylic acids is 3. The summed E-state index contributed by atoms with van der Waals surface area (Å²) in [5, 5.41) is 25.0. The Morgan fingerprint density at radius 2 is 0.938 bits per heavy atom. The van der Waals surface area contributed by atoms with Crippen LogP contribution in [-0.2, 0) is 14.4 Å². The van der Waals surface area contributed by atoms with Gasteiger partial charge in [-0.25, -0.2) is 0 Å². The average Bonchev–Trinajstić information content (AvgIpc) is 2.71. The number of carbonyl (C=O) groups is 3. The predicted molar refractivity (Wildman–Crippen MR) is 123 cm³/mol. The maximum atomic E-state index is 10.2. The molecular weight excluding hydrogens is 424 g/mol. The zero-order valence-electron chi connectivity index (χ0n) is 18.6. The Hall–Kier alpha value is -2.52. The summed E-state index contributed by atoms with van der Waals surface area (Å²) in [6.45, 7) is 1.63. The van der Waals surface area contributed by atoms with Gasteiger partial charge in [-0.05, 0) is 51.6 Å². The van der Waals surface area contributed by atoms with Crippen LogP contribution in [0.15, 0.2) is 4.99 Å². The number of nitrogens with two attached hydrogens (primary N) is 7. The maximum absolute atomic E-state index is 10.2. The summed E-state index contributed by atoms with van der Waals surface area (Å²) < 4.78 is 0. The second-order valence-electron chi connectivity index (χ2n) is 6.85. The molecule has 0 aliphatic heterocycles. The highest BCUT2D eigenvalue weighted by atomic mass is 16.4. The first-order valence-electron chi connectivity index (χ1n) is 10.3. The van der Waals surface area contributed by atoms with E-state index in [9.17, 15) is 14.4 Å². The van der Waals surface area contributed by atoms with Crippen LogP contribution in [0.4, 0.5) is 0 Å². The van der Waals surface area contributed by atoms with E-state index in [4.69, 9.17) is 55.5 Å². The molecule has 0 rings (SSSR count). The first-order chi connectivity index (χ1) is 14.9. The normalized spacial score (nSPS) is 12.7. The highest BCUT2D eigenvalue weighted by molar-refractivity contribution is 5.75. The molecule has 0 fully saturated rings. The Kier molecular flexibility index (Phi) is 24.7. The van der Waals surface area contributed by atoms with Crippen LogP contribution >= 0.6 is 0 Å². The van der Waals surface area contributed by atoms with Crippen LogP contribution < -0.4 is 40.1 Å². The summed E-state index contributed by atoms with van der Waals surface area (Å²) in [4.78, 5) is 34.2. The van der Waals surface area contributed by atoms with Gasteiger partial charge in [-0.3, -0.25) is 19.4 Å². The Morgan fingerprint density at radius 3 is 1.19 bits per heavy atom. The molecule has 0 aliphatic carbocycles. The van der Waals surface area contributed by atoms with E-state index < -0.39 is 36.0 Å². The molecular formula is C18H42N8O6. The molecule has 0 unspecified atom stereocenters. The van der Waals surface area contributed by atoms with Gasteiger partial charge in [0.2, 0.25) is 0 Å². The van der Waals surface area contributed by atoms with Gasteiger partial charge in [0.25, 0.3) is 0 Å². The van der Waals surface area contributed by atoms with E-state index in [0.717, 1.165) is 25.7 Å². The van der Waals surface area contributed by atoms with Crippen LogP contribution in [0.3, 0.4) is 0 Å². The van der Waals surface area contributed by atoms with E-state index in [0.29, 0.717) is 45.3 Å². The van der Waals surface area contributed by atoms with E-state index in [1.54, 1.807) is 0 Å². The second-order valence-corrected chi connectivity index (χ2v) is 6.85. The summed E-state index contributed by atoms with van der Waals surface area (Å²) in [5.74, 6) is -2.85. The molecule has 0 aliphatic rings. The van der Waals surface area contributed by atoms with Gasteiger partial charge < -0.3 is 55.5 Å². The Labute approximate surface area is 188 Å². The number of hydrogen-bond donors (Lipinski definition) is 10. The largest absolute Gasteiger partial charge is 0.480 e. The second kappa shape index (κ2) is 23.1. The average molecular weight is 467 g/mol. The number of guanidine groups is 1. The molecule has 14 nitrogen and oxygen atoms in total. The summed E-state index contributed by atoms with van der Waals surface area (Å²) in [7, 11) is 0. The van der Waals surface area contributed by atoms with Crippen molar-refractivity contribution in [3.63, 3.8) is 0 Å². The molecule has 0 saturated heterocycles. The summed E-state index contributed by atoms with van der Waals surface area (Å²) in [6, 6.07) is -2.25. The van der Waals surface area contributed by atoms with Gasteiger partial charge in [0, 0.05) is 6.54 Å². The fourth-order valence-corrected chi connectivity index (χ4v) is 1.91. The lowest BCUT2D eigenvalue weighted by Gasteiger charge is -2.03. The van der Waals surface area contributed by atoms with Crippen LogP contribution in [0.1, 0.15) is 51.4 Å². The molecule has 0 bridgehead atoms. The van der Waals surface area contributed by atoms with Crippen molar-refractivity contribution in [3.8, 4) is 0 Å². The first kappa shape index (κ1) is 34.1. The molecule has 3 atom stereocenters. The molecule has 0 amide bonds. The number of nitrogens with zero attached hydrogens (tertiary/aromatic N) is 1. The van der Waals surface area contributed by atoms with Crippen molar-refractivity contribution in [1.82, 2.24) is 0 Å². The van der Waals surface area contributed by atoms with Gasteiger partial charge in [0.05, 0.1) is 0 Å². The highest BCUT2D eigenvalue weighted by Gasteiger charge is 2.10. The van der Waals surface area contributed by atoms with Gasteiger partial charge in [-0.2, -0.15) is 0 Å². The minimum absolute atomic E-state index is 0.0129. The van der Waals surface area contributed by atoms with Crippen molar-refractivity contribution in [2.75, 3.05) is 19.6 Å². The highest BCUT2D eigenvalue weighted by Crippen LogP contribution is 1.98. The summed E-state index contributed by atoms with van der Waals surface area (Å²) in [5.41, 5.74) is 36.2. The first-order valence-corrected chi connectivity index (χ1v) is 10.3. The topological polar surface area (TPSA) is 306 Å². The number of carboxylic acid groups (broad SMARTS) is 3. The fraction of sp³-hybridized carbons (Fsp3) is 0.778. The van der Waals surface area contributed by atoms with Crippen molar-refractivity contribution in [3.05, 3.63) is 0 Å². The number of aliphatic carboxylic acids is 3. The lowest BCUT2D eigenvalue weighted by molar-refractivity contribution is -0.139. The Morgan fingerprint density at radius 1 is 0.625 bits per heavy atom. The number of aliphatic imine (C=N–C) groups is 1. The van der Waals surface area contributed by atoms with Crippen molar-refractivity contribution >= 4 is 23.9 Å². The van der Waals surface area contributed by atoms with E-state index in [1.807, 2.05) is 0 Å². The minimum atomic E-state index is -1.00. The van der Waals surface area contributed by atoms with Gasteiger partial charge >= 0.3 is 17.9 Å². The SMILES string of the molecule is NC(N)=NCCC[C@H](N)C(=O)O.NCCCC[C@H](N)C(=O)O.NCCCC[C@H](N)C(=O)O. The lowest BCUT2D eigenvalue weighted by atomic mass is 10.1. The van der Waals surface area contributed by atoms with Gasteiger partial charge in [-0.1, -0.05) is 12.8 Å². The van der Waals surface area contributed by atoms with Crippen molar-refractivity contribution < 1.29 is 29.7 Å². The molecule has 0 aromatic heterocycles. The van der Waals surface area contributed by atoms with Crippen LogP contribution in [0.2, 0.25) is 0 Å². The van der Waals surface area contributed by atoms with Crippen LogP contribution in [0.5, 0.6) is 0 Å². The van der Waals surface area contributed by atoms with Crippen molar-refractivity contribution in [2.24, 2.45) is 45.1 Å². The number of hydrogen-bond acceptors (Lipinski definition) is 9. The molecule has 32 heavy (non-hydrogen) atoms. The summed E-state index contributed by atoms with van der Waals surface area (Å²) in [6.07, 6.45) is 5.28. The molecule has 0 saturated carbocycles. The van der Waals surface area contributed by atoms with Crippen LogP contribution in [0, 0.1) is 0 Å². The molecule has 0 aromatic carbocycles. The molecule has 0 heterocycles. The molecule has 17 N–H and O–H groups in total. The molecule has 0 radical (unpaired) electrons. The predicted octanol–water partition coefficient (Wildman–Crippen LogP) is -2.49. The third-order valence-electron chi connectivity index (χ3n) is 3.86. The van der Waals surface area contributed by atoms with Gasteiger partial charge in [0.1, 0.15) is 18.1 Å². The Balaban J connectivity index is -0.000000397. The molecule has 190 valence electrons. The van der Waals surface area contributed by atoms with E-state index in [1.165, 1.54) is 0 Å². The molecule has 0 aromatic rings. The molecule has 14 heteroatoms. The van der Waals surface area contributed by atoms with E-state index >= 15 is 0 Å². The van der Waals surface area contributed by atoms with Crippen LogP contribution in [-0.4, -0.2) is 76.9 Å². The monoisotopic (exact) mass is 466 g/mol. The minimum Gasteiger partial charge on any atom is -0.480 e. The quantitative estimate of drug-likeness (QED) is 0.0678. The zero-order valence-corrected chi connectivity index (χ0v) is 18.6. The number of unbranched alkanes of at least 4 members (excludes halogenated alkanes) is 2. The fourth-order valence-electron chi connectivity index (χ4n) is 1.91. The number of rotatable bonds is 15. The van der Waals surface area contributed by atoms with Crippen molar-refractivity contribution in [2.45, 2.75) is 69.5 Å². The van der Waals surface area contributed by atoms with Gasteiger partial charge in [-0.15, -0.1) is 0 Å². The third kappa shape index (κ3) is 27.5. The maximum Gasteiger partial charge on any atom is 0.320 e. The van der Waals surface area contributed by atoms with E-state index in [2.05, 4.69) is 4.99 Å². The molecule has 0 spiro atoms. The lowest BCUT2D eigenvalue weighted by Crippen LogP contribution is -2.30. The zero-order chi connectivity index (χ0) is 25.5. The van der Waals surface area contributed by atoms with Gasteiger partial charge in [0.15, 0.2) is 5.96 Å². The van der Waals surface area contributed by atoms with Crippen LogP contribution in [0.25, 0.3) is 0 Å². The standard InChI is InChI=1S/C6H14N4O2.2C6H14N2O2/c7-4(5(11)12)2-1-3-10-6(8)9;2*7-4-2-1-3-5(8)6(9)10/h4H,1-3,7H2,(H,11,12)(H4,8,9,10);2*5H,1-4,7-8H2,(H,9,10)/t4-;2*5-/m000/s1. The van der Waals surface area contributed by atoms with E-state index in [-0.39, 0.29) is 5.96 Å². The Bertz CT molecular complexity index is 506. The van der Waals surface area contributed by atoms with Crippen molar-refractivity contribution in [1.29, 1.82) is 0 Å². The third-order valence-corrected chi connectivity index (χ3v) is 3.86. The smallest absolute Gasteiger partial charge is 0.320 e. The summed E-state index contributed by atoms with van der Waals surface area (Å²) >= 11 is 0.